The van der Waals surface area contributed by atoms with Gasteiger partial charge in [-0.25, -0.2) is 0 Å². The lowest BCUT2D eigenvalue weighted by atomic mass is 9.91. The van der Waals surface area contributed by atoms with Gasteiger partial charge in [0.25, 0.3) is 0 Å². The number of hydrogen-bond donors (Lipinski definition) is 0. The van der Waals surface area contributed by atoms with E-state index in [0.29, 0.717) is 0 Å². The van der Waals surface area contributed by atoms with Crippen LogP contribution < -0.4 is 13.7 Å². The van der Waals surface area contributed by atoms with Crippen molar-refractivity contribution in [2.24, 2.45) is 0 Å². The SMILES string of the molecule is Cc1ccccc1-c1c(C)ccc[n+]1CC[n+]1cccc(C)c1-c1ccccc1C1c2ccccc2-c2c(C)ccc[n+]21. The summed E-state index contributed by atoms with van der Waals surface area (Å²) in [5.41, 5.74) is 15.7. The Bertz CT molecular complexity index is 1990. The molecule has 7 rings (SSSR count). The largest absolute Gasteiger partial charge is 0.216 e. The number of benzene rings is 3. The van der Waals surface area contributed by atoms with Gasteiger partial charge in [-0.05, 0) is 69.7 Å². The second-order valence-electron chi connectivity index (χ2n) is 11.8. The van der Waals surface area contributed by atoms with Crippen molar-refractivity contribution >= 4 is 0 Å². The van der Waals surface area contributed by atoms with Gasteiger partial charge in [0.2, 0.25) is 36.2 Å². The highest BCUT2D eigenvalue weighted by Crippen LogP contribution is 2.41. The van der Waals surface area contributed by atoms with E-state index in [0.717, 1.165) is 13.1 Å². The summed E-state index contributed by atoms with van der Waals surface area (Å²) in [6, 6.07) is 40.0. The molecule has 1 unspecified atom stereocenters. The highest BCUT2D eigenvalue weighted by molar-refractivity contribution is 5.72. The fourth-order valence-electron chi connectivity index (χ4n) is 7.08. The Balaban J connectivity index is 1.33. The Morgan fingerprint density at radius 3 is 1.42 bits per heavy atom. The summed E-state index contributed by atoms with van der Waals surface area (Å²) in [5.74, 6) is 0. The zero-order valence-electron chi connectivity index (χ0n) is 25.5. The van der Waals surface area contributed by atoms with Crippen molar-refractivity contribution in [3.63, 3.8) is 0 Å². The lowest BCUT2D eigenvalue weighted by Gasteiger charge is -2.15. The minimum absolute atomic E-state index is 0.120. The maximum Gasteiger partial charge on any atom is 0.216 e. The van der Waals surface area contributed by atoms with E-state index in [1.807, 2.05) is 0 Å². The molecular formula is C40H38N3+3. The first-order chi connectivity index (χ1) is 21.0. The van der Waals surface area contributed by atoms with Crippen LogP contribution in [0.3, 0.4) is 0 Å². The van der Waals surface area contributed by atoms with E-state index >= 15 is 0 Å². The molecule has 3 aromatic heterocycles. The fraction of sp³-hybridized carbons (Fsp3) is 0.175. The van der Waals surface area contributed by atoms with E-state index in [1.165, 1.54) is 67.2 Å². The highest BCUT2D eigenvalue weighted by atomic mass is 15.1. The molecule has 1 aliphatic rings. The number of rotatable bonds is 6. The number of nitrogens with zero attached hydrogens (tertiary/aromatic N) is 3. The van der Waals surface area contributed by atoms with Crippen LogP contribution in [0.4, 0.5) is 0 Å². The van der Waals surface area contributed by atoms with Gasteiger partial charge in [-0.15, -0.1) is 0 Å². The predicted octanol–water partition coefficient (Wildman–Crippen LogP) is 7.44. The third-order valence-corrected chi connectivity index (χ3v) is 9.05. The molecular weight excluding hydrogens is 522 g/mol. The summed E-state index contributed by atoms with van der Waals surface area (Å²) in [5, 5.41) is 0. The van der Waals surface area contributed by atoms with Crippen molar-refractivity contribution in [2.45, 2.75) is 46.8 Å². The topological polar surface area (TPSA) is 11.6 Å². The molecule has 0 spiro atoms. The van der Waals surface area contributed by atoms with Crippen molar-refractivity contribution in [3.8, 4) is 33.8 Å². The molecule has 3 heteroatoms. The van der Waals surface area contributed by atoms with Gasteiger partial charge in [0.05, 0.1) is 11.1 Å². The summed E-state index contributed by atoms with van der Waals surface area (Å²) < 4.78 is 7.34. The zero-order valence-corrected chi connectivity index (χ0v) is 25.5. The molecule has 0 amide bonds. The Morgan fingerprint density at radius 2 is 0.837 bits per heavy atom. The van der Waals surface area contributed by atoms with E-state index in [9.17, 15) is 0 Å². The van der Waals surface area contributed by atoms with Crippen LogP contribution in [-0.2, 0) is 13.1 Å². The van der Waals surface area contributed by atoms with Crippen LogP contribution in [0.2, 0.25) is 0 Å². The molecule has 0 saturated carbocycles. The van der Waals surface area contributed by atoms with E-state index in [4.69, 9.17) is 0 Å². The molecule has 0 radical (unpaired) electrons. The molecule has 0 saturated heterocycles. The van der Waals surface area contributed by atoms with E-state index in [1.54, 1.807) is 0 Å². The Hall–Kier alpha value is -4.89. The van der Waals surface area contributed by atoms with Gasteiger partial charge in [0, 0.05) is 51.6 Å². The second kappa shape index (κ2) is 11.1. The first kappa shape index (κ1) is 27.0. The monoisotopic (exact) mass is 560 g/mol. The quantitative estimate of drug-likeness (QED) is 0.187. The summed E-state index contributed by atoms with van der Waals surface area (Å²) in [6.45, 7) is 10.6. The molecule has 0 bridgehead atoms. The van der Waals surface area contributed by atoms with Gasteiger partial charge in [-0.1, -0.05) is 54.6 Å². The minimum atomic E-state index is 0.120. The van der Waals surface area contributed by atoms with Crippen molar-refractivity contribution in [3.05, 3.63) is 161 Å². The predicted molar refractivity (Wildman–Crippen MR) is 172 cm³/mol. The zero-order chi connectivity index (χ0) is 29.5. The van der Waals surface area contributed by atoms with Gasteiger partial charge in [-0.3, -0.25) is 0 Å². The molecule has 0 N–H and O–H groups in total. The van der Waals surface area contributed by atoms with Gasteiger partial charge < -0.3 is 0 Å². The van der Waals surface area contributed by atoms with Crippen molar-refractivity contribution in [1.29, 1.82) is 0 Å². The van der Waals surface area contributed by atoms with E-state index < -0.39 is 0 Å². The molecule has 4 heterocycles. The number of aromatic nitrogens is 3. The first-order valence-corrected chi connectivity index (χ1v) is 15.3. The normalized spacial score (nSPS) is 13.5. The van der Waals surface area contributed by atoms with Crippen LogP contribution in [-0.4, -0.2) is 0 Å². The number of fused-ring (bicyclic) bond motifs is 3. The standard InChI is InChI=1S/C40H38N3/c1-28-14-5-6-18-32(28)37-29(2)15-11-23-41(37)26-27-42-24-12-16-30(3)38(42)33-19-7-9-21-35(33)40-36-22-10-8-20-34(36)39-31(4)17-13-25-43(39)40/h5-25,40H,26-27H2,1-4H3/q+3. The molecule has 1 aliphatic heterocycles. The average molecular weight is 561 g/mol. The summed E-state index contributed by atoms with van der Waals surface area (Å²) in [4.78, 5) is 0. The van der Waals surface area contributed by atoms with Crippen LogP contribution in [0.25, 0.3) is 33.8 Å². The summed E-state index contributed by atoms with van der Waals surface area (Å²) in [7, 11) is 0. The third kappa shape index (κ3) is 4.66. The maximum atomic E-state index is 2.47. The molecule has 1 atom stereocenters. The molecule has 3 nitrogen and oxygen atoms in total. The maximum absolute atomic E-state index is 2.47. The van der Waals surface area contributed by atoms with Gasteiger partial charge >= 0.3 is 0 Å². The highest BCUT2D eigenvalue weighted by Gasteiger charge is 2.40. The molecule has 43 heavy (non-hydrogen) atoms. The number of hydrogen-bond acceptors (Lipinski definition) is 0. The first-order valence-electron chi connectivity index (χ1n) is 15.3. The summed E-state index contributed by atoms with van der Waals surface area (Å²) >= 11 is 0. The fourth-order valence-corrected chi connectivity index (χ4v) is 7.08. The second-order valence-corrected chi connectivity index (χ2v) is 11.8. The lowest BCUT2D eigenvalue weighted by Crippen LogP contribution is -2.47. The van der Waals surface area contributed by atoms with Gasteiger partial charge in [0.1, 0.15) is 0 Å². The number of aryl methyl sites for hydroxylation is 6. The average Bonchev–Trinajstić information content (AvgIpc) is 3.36. The molecule has 210 valence electrons. The van der Waals surface area contributed by atoms with Gasteiger partial charge in [-0.2, -0.15) is 13.7 Å². The molecule has 3 aromatic carbocycles. The van der Waals surface area contributed by atoms with Crippen LogP contribution in [0.1, 0.15) is 39.4 Å². The van der Waals surface area contributed by atoms with Crippen LogP contribution in [0.5, 0.6) is 0 Å². The van der Waals surface area contributed by atoms with Gasteiger partial charge in [0.15, 0.2) is 18.6 Å². The number of pyridine rings is 3. The van der Waals surface area contributed by atoms with Crippen LogP contribution in [0.15, 0.2) is 128 Å². The van der Waals surface area contributed by atoms with Crippen molar-refractivity contribution < 1.29 is 13.7 Å². The Morgan fingerprint density at radius 1 is 0.419 bits per heavy atom. The summed E-state index contributed by atoms with van der Waals surface area (Å²) in [6.07, 6.45) is 6.72. The molecule has 6 aromatic rings. The Kier molecular flexibility index (Phi) is 6.95. The van der Waals surface area contributed by atoms with E-state index in [-0.39, 0.29) is 6.04 Å². The Labute approximate surface area is 255 Å². The van der Waals surface area contributed by atoms with Crippen molar-refractivity contribution in [2.75, 3.05) is 0 Å². The smallest absolute Gasteiger partial charge is 0.191 e. The van der Waals surface area contributed by atoms with Crippen molar-refractivity contribution in [1.82, 2.24) is 0 Å². The third-order valence-electron chi connectivity index (χ3n) is 9.05. The van der Waals surface area contributed by atoms with Crippen LogP contribution in [0, 0.1) is 27.7 Å². The lowest BCUT2D eigenvalue weighted by molar-refractivity contribution is -0.768. The molecule has 0 aliphatic carbocycles. The van der Waals surface area contributed by atoms with E-state index in [2.05, 4.69) is 169 Å². The minimum Gasteiger partial charge on any atom is -0.191 e. The molecule has 0 fully saturated rings. The van der Waals surface area contributed by atoms with Crippen LogP contribution >= 0.6 is 0 Å².